The van der Waals surface area contributed by atoms with E-state index >= 15 is 0 Å². The van der Waals surface area contributed by atoms with Crippen LogP contribution in [0.4, 0.5) is 0 Å². The molecule has 0 saturated heterocycles. The zero-order chi connectivity index (χ0) is 13.0. The molecule has 1 aliphatic rings. The van der Waals surface area contributed by atoms with Gasteiger partial charge in [0.25, 0.3) is 0 Å². The Balaban J connectivity index is 2.05. The van der Waals surface area contributed by atoms with Crippen molar-refractivity contribution in [2.24, 2.45) is 5.84 Å². The van der Waals surface area contributed by atoms with Gasteiger partial charge >= 0.3 is 0 Å². The van der Waals surface area contributed by atoms with E-state index in [9.17, 15) is 0 Å². The van der Waals surface area contributed by atoms with Crippen molar-refractivity contribution in [3.8, 4) is 5.75 Å². The number of methoxy groups -OCH3 is 2. The lowest BCUT2D eigenvalue weighted by Crippen LogP contribution is -2.38. The summed E-state index contributed by atoms with van der Waals surface area (Å²) in [5, 5.41) is 0. The number of ether oxygens (including phenoxy) is 3. The van der Waals surface area contributed by atoms with E-state index < -0.39 is 6.29 Å². The molecule has 1 aromatic carbocycles. The summed E-state index contributed by atoms with van der Waals surface area (Å²) in [5.74, 6) is 6.44. The maximum absolute atomic E-state index is 5.69. The Morgan fingerprint density at radius 2 is 1.78 bits per heavy atom. The quantitative estimate of drug-likeness (QED) is 0.435. The van der Waals surface area contributed by atoms with Crippen LogP contribution in [0.1, 0.15) is 24.4 Å². The van der Waals surface area contributed by atoms with E-state index in [0.29, 0.717) is 6.10 Å². The van der Waals surface area contributed by atoms with Crippen LogP contribution in [0, 0.1) is 0 Å². The van der Waals surface area contributed by atoms with E-state index in [0.717, 1.165) is 24.2 Å². The zero-order valence-electron chi connectivity index (χ0n) is 10.8. The predicted molar refractivity (Wildman–Crippen MR) is 68.0 cm³/mol. The highest BCUT2D eigenvalue weighted by atomic mass is 16.7. The van der Waals surface area contributed by atoms with Crippen molar-refractivity contribution in [3.63, 3.8) is 0 Å². The van der Waals surface area contributed by atoms with E-state index in [4.69, 9.17) is 20.1 Å². The Morgan fingerprint density at radius 1 is 1.17 bits per heavy atom. The largest absolute Gasteiger partial charge is 0.490 e. The molecule has 1 fully saturated rings. The first-order valence-corrected chi connectivity index (χ1v) is 6.06. The summed E-state index contributed by atoms with van der Waals surface area (Å²) in [4.78, 5) is 0. The highest BCUT2D eigenvalue weighted by Crippen LogP contribution is 2.28. The van der Waals surface area contributed by atoms with Gasteiger partial charge in [-0.15, -0.1) is 0 Å². The number of benzene rings is 1. The Morgan fingerprint density at radius 3 is 2.22 bits per heavy atom. The lowest BCUT2D eigenvalue weighted by atomic mass is 10.1. The second-order valence-electron chi connectivity index (χ2n) is 4.37. The van der Waals surface area contributed by atoms with Gasteiger partial charge in [-0.1, -0.05) is 12.1 Å². The first kappa shape index (κ1) is 13.3. The van der Waals surface area contributed by atoms with Gasteiger partial charge in [0.1, 0.15) is 5.75 Å². The van der Waals surface area contributed by atoms with Crippen LogP contribution in [0.5, 0.6) is 5.75 Å². The van der Waals surface area contributed by atoms with E-state index in [1.54, 1.807) is 14.2 Å². The molecule has 2 rings (SSSR count). The first-order chi connectivity index (χ1) is 8.78. The molecule has 0 bridgehead atoms. The number of hydrogen-bond acceptors (Lipinski definition) is 5. The molecule has 1 saturated carbocycles. The van der Waals surface area contributed by atoms with Gasteiger partial charge < -0.3 is 14.2 Å². The average molecular weight is 252 g/mol. The Hall–Kier alpha value is -1.14. The molecule has 0 heterocycles. The van der Waals surface area contributed by atoms with Crippen molar-refractivity contribution in [3.05, 3.63) is 29.8 Å². The third-order valence-electron chi connectivity index (χ3n) is 2.98. The number of hydrogen-bond donors (Lipinski definition) is 2. The van der Waals surface area contributed by atoms with Gasteiger partial charge in [0.05, 0.1) is 12.1 Å². The fourth-order valence-corrected chi connectivity index (χ4v) is 1.83. The fourth-order valence-electron chi connectivity index (χ4n) is 1.83. The lowest BCUT2D eigenvalue weighted by Gasteiger charge is -2.24. The molecule has 100 valence electrons. The summed E-state index contributed by atoms with van der Waals surface area (Å²) in [7, 11) is 3.17. The van der Waals surface area contributed by atoms with Gasteiger partial charge in [-0.25, -0.2) is 5.43 Å². The molecule has 0 amide bonds. The van der Waals surface area contributed by atoms with Gasteiger partial charge in [0.15, 0.2) is 6.29 Å². The zero-order valence-corrected chi connectivity index (χ0v) is 10.8. The standard InChI is InChI=1S/C13H20N2O3/c1-16-13(17-2)12(15-14)9-3-5-10(6-4-9)18-11-7-8-11/h3-6,11-13,15H,7-8,14H2,1-2H3. The molecule has 1 aromatic rings. The first-order valence-electron chi connectivity index (χ1n) is 6.06. The molecule has 1 atom stereocenters. The summed E-state index contributed by atoms with van der Waals surface area (Å²) >= 11 is 0. The van der Waals surface area contributed by atoms with Gasteiger partial charge in [0.2, 0.25) is 0 Å². The van der Waals surface area contributed by atoms with Gasteiger partial charge in [0, 0.05) is 14.2 Å². The van der Waals surface area contributed by atoms with Gasteiger partial charge in [-0.3, -0.25) is 5.84 Å². The van der Waals surface area contributed by atoms with Gasteiger partial charge in [-0.05, 0) is 30.5 Å². The van der Waals surface area contributed by atoms with E-state index in [1.807, 2.05) is 24.3 Å². The summed E-state index contributed by atoms with van der Waals surface area (Å²) < 4.78 is 16.1. The molecule has 0 aromatic heterocycles. The molecule has 3 N–H and O–H groups in total. The molecule has 1 unspecified atom stereocenters. The van der Waals surface area contributed by atoms with Crippen LogP contribution in [0.15, 0.2) is 24.3 Å². The number of nitrogens with two attached hydrogens (primary N) is 1. The summed E-state index contributed by atoms with van der Waals surface area (Å²) in [6.07, 6.45) is 2.30. The molecular formula is C13H20N2O3. The monoisotopic (exact) mass is 252 g/mol. The minimum atomic E-state index is -0.426. The number of hydrazine groups is 1. The molecule has 18 heavy (non-hydrogen) atoms. The van der Waals surface area contributed by atoms with Crippen molar-refractivity contribution in [2.45, 2.75) is 31.3 Å². The van der Waals surface area contributed by atoms with Crippen molar-refractivity contribution >= 4 is 0 Å². The molecule has 0 aliphatic heterocycles. The van der Waals surface area contributed by atoms with Crippen molar-refractivity contribution in [1.82, 2.24) is 5.43 Å². The van der Waals surface area contributed by atoms with Crippen LogP contribution in [0.25, 0.3) is 0 Å². The van der Waals surface area contributed by atoms with Crippen molar-refractivity contribution in [2.75, 3.05) is 14.2 Å². The molecular weight excluding hydrogens is 232 g/mol. The van der Waals surface area contributed by atoms with E-state index in [2.05, 4.69) is 5.43 Å². The van der Waals surface area contributed by atoms with Crippen LogP contribution < -0.4 is 16.0 Å². The minimum absolute atomic E-state index is 0.213. The van der Waals surface area contributed by atoms with Crippen molar-refractivity contribution in [1.29, 1.82) is 0 Å². The van der Waals surface area contributed by atoms with Gasteiger partial charge in [-0.2, -0.15) is 0 Å². The minimum Gasteiger partial charge on any atom is -0.490 e. The Bertz CT molecular complexity index is 361. The van der Waals surface area contributed by atoms with Crippen molar-refractivity contribution < 1.29 is 14.2 Å². The average Bonchev–Trinajstić information content (AvgIpc) is 3.21. The molecule has 5 nitrogen and oxygen atoms in total. The van der Waals surface area contributed by atoms with E-state index in [1.165, 1.54) is 0 Å². The maximum atomic E-state index is 5.69. The smallest absolute Gasteiger partial charge is 0.177 e. The Labute approximate surface area is 107 Å². The molecule has 5 heteroatoms. The molecule has 0 spiro atoms. The summed E-state index contributed by atoms with van der Waals surface area (Å²) in [6.45, 7) is 0. The number of nitrogens with one attached hydrogen (secondary N) is 1. The third-order valence-corrected chi connectivity index (χ3v) is 2.98. The van der Waals surface area contributed by atoms with E-state index in [-0.39, 0.29) is 6.04 Å². The van der Waals surface area contributed by atoms with Crippen LogP contribution >= 0.6 is 0 Å². The molecule has 0 radical (unpaired) electrons. The topological polar surface area (TPSA) is 65.7 Å². The van der Waals surface area contributed by atoms with Crippen LogP contribution in [-0.4, -0.2) is 26.6 Å². The second kappa shape index (κ2) is 6.15. The van der Waals surface area contributed by atoms with Crippen LogP contribution in [0.3, 0.4) is 0 Å². The number of rotatable bonds is 7. The third kappa shape index (κ3) is 3.20. The highest BCUT2D eigenvalue weighted by molar-refractivity contribution is 5.30. The Kier molecular flexibility index (Phi) is 4.54. The SMILES string of the molecule is COC(OC)C(NN)c1ccc(OC2CC2)cc1. The summed E-state index contributed by atoms with van der Waals surface area (Å²) in [5.41, 5.74) is 3.70. The fraction of sp³-hybridized carbons (Fsp3) is 0.538. The summed E-state index contributed by atoms with van der Waals surface area (Å²) in [6, 6.07) is 7.61. The lowest BCUT2D eigenvalue weighted by molar-refractivity contribution is -0.124. The van der Waals surface area contributed by atoms with Crippen LogP contribution in [-0.2, 0) is 9.47 Å². The molecule has 1 aliphatic carbocycles. The normalized spacial score (nSPS) is 16.9. The highest BCUT2D eigenvalue weighted by Gasteiger charge is 2.24. The maximum Gasteiger partial charge on any atom is 0.177 e. The van der Waals surface area contributed by atoms with Crippen LogP contribution in [0.2, 0.25) is 0 Å². The predicted octanol–water partition coefficient (Wildman–Crippen LogP) is 1.35. The second-order valence-corrected chi connectivity index (χ2v) is 4.37.